The first kappa shape index (κ1) is 15.3. The highest BCUT2D eigenvalue weighted by molar-refractivity contribution is 7.89. The molecule has 0 spiro atoms. The molecule has 0 saturated heterocycles. The summed E-state index contributed by atoms with van der Waals surface area (Å²) in [7, 11) is -0.308. The van der Waals surface area contributed by atoms with Crippen LogP contribution in [0.5, 0.6) is 0 Å². The van der Waals surface area contributed by atoms with Gasteiger partial charge in [-0.2, -0.15) is 0 Å². The molecule has 3 N–H and O–H groups in total. The van der Waals surface area contributed by atoms with Gasteiger partial charge in [-0.3, -0.25) is 0 Å². The standard InChI is InChI=1S/C14H23N3O2S/c1-17(2)20(18,19)14-8-4-7-13(10-14)16-12-6-3-5-11(15)9-12/h4,7-8,10-12,16H,3,5-6,9,15H2,1-2H3. The maximum absolute atomic E-state index is 12.1. The third-order valence-electron chi connectivity index (χ3n) is 3.70. The van der Waals surface area contributed by atoms with E-state index in [2.05, 4.69) is 5.32 Å². The minimum absolute atomic E-state index is 0.245. The van der Waals surface area contributed by atoms with Gasteiger partial charge < -0.3 is 11.1 Å². The Morgan fingerprint density at radius 2 is 2.05 bits per heavy atom. The van der Waals surface area contributed by atoms with E-state index in [4.69, 9.17) is 5.73 Å². The van der Waals surface area contributed by atoms with Crippen molar-refractivity contribution in [1.82, 2.24) is 4.31 Å². The highest BCUT2D eigenvalue weighted by atomic mass is 32.2. The zero-order chi connectivity index (χ0) is 14.8. The lowest BCUT2D eigenvalue weighted by molar-refractivity contribution is 0.409. The third kappa shape index (κ3) is 3.50. The van der Waals surface area contributed by atoms with E-state index in [1.54, 1.807) is 18.2 Å². The van der Waals surface area contributed by atoms with Gasteiger partial charge in [-0.25, -0.2) is 12.7 Å². The topological polar surface area (TPSA) is 75.4 Å². The maximum Gasteiger partial charge on any atom is 0.242 e. The number of nitrogens with two attached hydrogens (primary N) is 1. The average Bonchev–Trinajstić information content (AvgIpc) is 2.39. The highest BCUT2D eigenvalue weighted by Gasteiger charge is 2.20. The van der Waals surface area contributed by atoms with Crippen molar-refractivity contribution in [3.05, 3.63) is 24.3 Å². The van der Waals surface area contributed by atoms with Crippen LogP contribution in [0.3, 0.4) is 0 Å². The van der Waals surface area contributed by atoms with Crippen LogP contribution in [-0.2, 0) is 10.0 Å². The molecule has 0 radical (unpaired) electrons. The molecule has 1 aromatic carbocycles. The van der Waals surface area contributed by atoms with E-state index < -0.39 is 10.0 Å². The Morgan fingerprint density at radius 3 is 2.70 bits per heavy atom. The van der Waals surface area contributed by atoms with Gasteiger partial charge in [0.1, 0.15) is 0 Å². The Kier molecular flexibility index (Phi) is 4.67. The molecule has 5 nitrogen and oxygen atoms in total. The number of sulfonamides is 1. The summed E-state index contributed by atoms with van der Waals surface area (Å²) in [6, 6.07) is 7.55. The number of anilines is 1. The first-order valence-electron chi connectivity index (χ1n) is 6.94. The lowest BCUT2D eigenvalue weighted by atomic mass is 9.91. The van der Waals surface area contributed by atoms with Gasteiger partial charge in [0, 0.05) is 31.9 Å². The van der Waals surface area contributed by atoms with Crippen molar-refractivity contribution < 1.29 is 8.42 Å². The quantitative estimate of drug-likeness (QED) is 0.885. The fourth-order valence-electron chi connectivity index (χ4n) is 2.55. The second-order valence-electron chi connectivity index (χ2n) is 5.58. The molecule has 1 aliphatic rings. The van der Waals surface area contributed by atoms with E-state index in [9.17, 15) is 8.42 Å². The van der Waals surface area contributed by atoms with E-state index in [-0.39, 0.29) is 6.04 Å². The molecule has 20 heavy (non-hydrogen) atoms. The lowest BCUT2D eigenvalue weighted by Gasteiger charge is -2.28. The van der Waals surface area contributed by atoms with Crippen LogP contribution in [0.15, 0.2) is 29.2 Å². The second kappa shape index (κ2) is 6.11. The molecular weight excluding hydrogens is 274 g/mol. The molecule has 0 heterocycles. The minimum atomic E-state index is -3.38. The predicted octanol–water partition coefficient (Wildman–Crippen LogP) is 1.62. The molecule has 2 atom stereocenters. The van der Waals surface area contributed by atoms with Crippen molar-refractivity contribution in [2.24, 2.45) is 5.73 Å². The van der Waals surface area contributed by atoms with Crippen molar-refractivity contribution in [2.45, 2.75) is 42.7 Å². The average molecular weight is 297 g/mol. The van der Waals surface area contributed by atoms with Gasteiger partial charge in [0.05, 0.1) is 4.90 Å². The molecule has 1 saturated carbocycles. The van der Waals surface area contributed by atoms with Crippen LogP contribution in [0.4, 0.5) is 5.69 Å². The first-order valence-corrected chi connectivity index (χ1v) is 8.38. The normalized spacial score (nSPS) is 23.8. The number of nitrogens with zero attached hydrogens (tertiary/aromatic N) is 1. The summed E-state index contributed by atoms with van der Waals surface area (Å²) in [5.41, 5.74) is 6.81. The molecule has 1 aromatic rings. The SMILES string of the molecule is CN(C)S(=O)(=O)c1cccc(NC2CCCC(N)C2)c1. The Morgan fingerprint density at radius 1 is 1.30 bits per heavy atom. The zero-order valence-electron chi connectivity index (χ0n) is 12.0. The monoisotopic (exact) mass is 297 g/mol. The van der Waals surface area contributed by atoms with Crippen LogP contribution < -0.4 is 11.1 Å². The van der Waals surface area contributed by atoms with Crippen LogP contribution >= 0.6 is 0 Å². The molecule has 1 fully saturated rings. The largest absolute Gasteiger partial charge is 0.382 e. The highest BCUT2D eigenvalue weighted by Crippen LogP contribution is 2.23. The summed E-state index contributed by atoms with van der Waals surface area (Å²) in [6.07, 6.45) is 4.21. The van der Waals surface area contributed by atoms with Gasteiger partial charge in [0.15, 0.2) is 0 Å². The fraction of sp³-hybridized carbons (Fsp3) is 0.571. The third-order valence-corrected chi connectivity index (χ3v) is 5.51. The Hall–Kier alpha value is -1.11. The van der Waals surface area contributed by atoms with Crippen molar-refractivity contribution in [2.75, 3.05) is 19.4 Å². The van der Waals surface area contributed by atoms with Gasteiger partial charge in [0.2, 0.25) is 10.0 Å². The number of benzene rings is 1. The van der Waals surface area contributed by atoms with E-state index in [0.29, 0.717) is 10.9 Å². The van der Waals surface area contributed by atoms with Gasteiger partial charge >= 0.3 is 0 Å². The maximum atomic E-state index is 12.1. The summed E-state index contributed by atoms with van der Waals surface area (Å²) in [6.45, 7) is 0. The Balaban J connectivity index is 2.14. The molecule has 2 rings (SSSR count). The van der Waals surface area contributed by atoms with E-state index in [1.165, 1.54) is 18.4 Å². The van der Waals surface area contributed by atoms with Crippen LogP contribution in [-0.4, -0.2) is 38.9 Å². The number of hydrogen-bond acceptors (Lipinski definition) is 4. The van der Waals surface area contributed by atoms with Crippen molar-refractivity contribution in [1.29, 1.82) is 0 Å². The molecule has 6 heteroatoms. The molecule has 2 unspecified atom stereocenters. The number of hydrogen-bond donors (Lipinski definition) is 2. The zero-order valence-corrected chi connectivity index (χ0v) is 12.9. The summed E-state index contributed by atoms with van der Waals surface area (Å²) >= 11 is 0. The molecule has 0 amide bonds. The molecule has 1 aliphatic carbocycles. The summed E-state index contributed by atoms with van der Waals surface area (Å²) in [4.78, 5) is 0.313. The second-order valence-corrected chi connectivity index (χ2v) is 7.74. The van der Waals surface area contributed by atoms with E-state index in [0.717, 1.165) is 31.4 Å². The number of rotatable bonds is 4. The molecule has 0 aliphatic heterocycles. The molecular formula is C14H23N3O2S. The lowest BCUT2D eigenvalue weighted by Crippen LogP contribution is -2.34. The predicted molar refractivity (Wildman–Crippen MR) is 81.2 cm³/mol. The smallest absolute Gasteiger partial charge is 0.242 e. The summed E-state index contributed by atoms with van der Waals surface area (Å²) in [5, 5.41) is 3.40. The fourth-order valence-corrected chi connectivity index (χ4v) is 3.50. The van der Waals surface area contributed by atoms with Gasteiger partial charge in [-0.05, 0) is 43.9 Å². The molecule has 0 bridgehead atoms. The Labute approximate surface area is 121 Å². The number of nitrogens with one attached hydrogen (secondary N) is 1. The summed E-state index contributed by atoms with van der Waals surface area (Å²) < 4.78 is 25.4. The van der Waals surface area contributed by atoms with E-state index >= 15 is 0 Å². The van der Waals surface area contributed by atoms with Gasteiger partial charge in [-0.1, -0.05) is 6.07 Å². The van der Waals surface area contributed by atoms with Crippen molar-refractivity contribution in [3.8, 4) is 0 Å². The van der Waals surface area contributed by atoms with E-state index in [1.807, 2.05) is 6.07 Å². The van der Waals surface area contributed by atoms with Crippen molar-refractivity contribution in [3.63, 3.8) is 0 Å². The molecule has 112 valence electrons. The van der Waals surface area contributed by atoms with Gasteiger partial charge in [0.25, 0.3) is 0 Å². The van der Waals surface area contributed by atoms with Crippen LogP contribution in [0.2, 0.25) is 0 Å². The summed E-state index contributed by atoms with van der Waals surface area (Å²) in [5.74, 6) is 0. The van der Waals surface area contributed by atoms with Crippen molar-refractivity contribution >= 4 is 15.7 Å². The van der Waals surface area contributed by atoms with Crippen LogP contribution in [0.1, 0.15) is 25.7 Å². The van der Waals surface area contributed by atoms with Gasteiger partial charge in [-0.15, -0.1) is 0 Å². The first-order chi connectivity index (χ1) is 9.39. The Bertz CT molecular complexity index is 557. The van der Waals surface area contributed by atoms with Crippen LogP contribution in [0.25, 0.3) is 0 Å². The van der Waals surface area contributed by atoms with Crippen LogP contribution in [0, 0.1) is 0 Å². The molecule has 0 aromatic heterocycles. The minimum Gasteiger partial charge on any atom is -0.382 e.